The number of furan rings is 1. The van der Waals surface area contributed by atoms with Crippen molar-refractivity contribution < 1.29 is 14.3 Å². The standard InChI is InChI=1S/C12H17NO3/c1-2-9-5-6-10(16-9)7-13-11(12(14)15)8-3-4-8/h5-6,8,11,13H,2-4,7H2,1H3,(H,14,15). The Kier molecular flexibility index (Phi) is 3.29. The molecule has 0 aromatic carbocycles. The highest BCUT2D eigenvalue weighted by Crippen LogP contribution is 2.32. The third-order valence-electron chi connectivity index (χ3n) is 2.92. The number of aryl methyl sites for hydroxylation is 1. The molecule has 1 unspecified atom stereocenters. The molecule has 1 fully saturated rings. The maximum Gasteiger partial charge on any atom is 0.320 e. The van der Waals surface area contributed by atoms with E-state index in [1.54, 1.807) is 0 Å². The topological polar surface area (TPSA) is 62.5 Å². The first-order valence-electron chi connectivity index (χ1n) is 5.74. The van der Waals surface area contributed by atoms with Gasteiger partial charge in [-0.1, -0.05) is 6.92 Å². The molecule has 16 heavy (non-hydrogen) atoms. The Labute approximate surface area is 94.6 Å². The van der Waals surface area contributed by atoms with Gasteiger partial charge >= 0.3 is 5.97 Å². The van der Waals surface area contributed by atoms with Crippen molar-refractivity contribution in [2.75, 3.05) is 0 Å². The van der Waals surface area contributed by atoms with E-state index in [0.717, 1.165) is 30.8 Å². The molecule has 0 radical (unpaired) electrons. The van der Waals surface area contributed by atoms with Crippen LogP contribution in [0.4, 0.5) is 0 Å². The summed E-state index contributed by atoms with van der Waals surface area (Å²) >= 11 is 0. The number of carbonyl (C=O) groups is 1. The molecule has 0 aliphatic heterocycles. The summed E-state index contributed by atoms with van der Waals surface area (Å²) < 4.78 is 5.51. The average molecular weight is 223 g/mol. The minimum atomic E-state index is -0.759. The molecule has 0 bridgehead atoms. The Bertz CT molecular complexity index is 368. The van der Waals surface area contributed by atoms with E-state index in [4.69, 9.17) is 9.52 Å². The first-order chi connectivity index (χ1) is 7.70. The minimum Gasteiger partial charge on any atom is -0.480 e. The fourth-order valence-corrected chi connectivity index (χ4v) is 1.80. The molecule has 1 aliphatic rings. The van der Waals surface area contributed by atoms with Gasteiger partial charge in [-0.15, -0.1) is 0 Å². The molecule has 2 N–H and O–H groups in total. The Morgan fingerprint density at radius 2 is 2.25 bits per heavy atom. The molecule has 2 rings (SSSR count). The van der Waals surface area contributed by atoms with Crippen molar-refractivity contribution in [3.05, 3.63) is 23.7 Å². The van der Waals surface area contributed by atoms with E-state index >= 15 is 0 Å². The Morgan fingerprint density at radius 1 is 1.56 bits per heavy atom. The van der Waals surface area contributed by atoms with Crippen molar-refractivity contribution in [3.8, 4) is 0 Å². The molecule has 0 spiro atoms. The minimum absolute atomic E-state index is 0.304. The second-order valence-electron chi connectivity index (χ2n) is 4.26. The molecule has 1 heterocycles. The number of carboxylic acid groups (broad SMARTS) is 1. The summed E-state index contributed by atoms with van der Waals surface area (Å²) in [6.07, 6.45) is 2.90. The van der Waals surface area contributed by atoms with Crippen molar-refractivity contribution in [3.63, 3.8) is 0 Å². The SMILES string of the molecule is CCc1ccc(CNC(C(=O)O)C2CC2)o1. The van der Waals surface area contributed by atoms with E-state index in [1.165, 1.54) is 0 Å². The van der Waals surface area contributed by atoms with Gasteiger partial charge in [-0.2, -0.15) is 0 Å². The van der Waals surface area contributed by atoms with Crippen LogP contribution >= 0.6 is 0 Å². The molecule has 88 valence electrons. The maximum absolute atomic E-state index is 11.0. The van der Waals surface area contributed by atoms with E-state index < -0.39 is 12.0 Å². The van der Waals surface area contributed by atoms with E-state index in [2.05, 4.69) is 5.32 Å². The molecule has 1 saturated carbocycles. The molecule has 1 aromatic heterocycles. The van der Waals surface area contributed by atoms with Crippen molar-refractivity contribution in [2.45, 2.75) is 38.8 Å². The quantitative estimate of drug-likeness (QED) is 0.771. The van der Waals surface area contributed by atoms with Gasteiger partial charge in [0.05, 0.1) is 6.54 Å². The zero-order valence-corrected chi connectivity index (χ0v) is 9.40. The van der Waals surface area contributed by atoms with Gasteiger partial charge in [-0.05, 0) is 30.9 Å². The van der Waals surface area contributed by atoms with Crippen molar-refractivity contribution >= 4 is 5.97 Å². The van der Waals surface area contributed by atoms with Gasteiger partial charge in [-0.25, -0.2) is 0 Å². The summed E-state index contributed by atoms with van der Waals surface area (Å²) in [7, 11) is 0. The summed E-state index contributed by atoms with van der Waals surface area (Å²) in [6, 6.07) is 3.41. The van der Waals surface area contributed by atoms with Crippen LogP contribution in [-0.4, -0.2) is 17.1 Å². The van der Waals surface area contributed by atoms with E-state index in [0.29, 0.717) is 12.5 Å². The van der Waals surface area contributed by atoms with Crippen LogP contribution in [0.15, 0.2) is 16.5 Å². The number of aliphatic carboxylic acids is 1. The lowest BCUT2D eigenvalue weighted by atomic mass is 10.2. The highest BCUT2D eigenvalue weighted by molar-refractivity contribution is 5.74. The van der Waals surface area contributed by atoms with Crippen molar-refractivity contribution in [2.24, 2.45) is 5.92 Å². The zero-order valence-electron chi connectivity index (χ0n) is 9.40. The van der Waals surface area contributed by atoms with Gasteiger partial charge < -0.3 is 9.52 Å². The summed E-state index contributed by atoms with van der Waals surface area (Å²) in [5, 5.41) is 12.1. The molecule has 1 aromatic rings. The van der Waals surface area contributed by atoms with E-state index in [-0.39, 0.29) is 0 Å². The van der Waals surface area contributed by atoms with Crippen LogP contribution in [0.2, 0.25) is 0 Å². The Hall–Kier alpha value is -1.29. The van der Waals surface area contributed by atoms with E-state index in [1.807, 2.05) is 19.1 Å². The van der Waals surface area contributed by atoms with Crippen LogP contribution in [0, 0.1) is 5.92 Å². The summed E-state index contributed by atoms with van der Waals surface area (Å²) in [6.45, 7) is 2.52. The summed E-state index contributed by atoms with van der Waals surface area (Å²) in [5.41, 5.74) is 0. The molecule has 4 nitrogen and oxygen atoms in total. The molecular formula is C12H17NO3. The summed E-state index contributed by atoms with van der Waals surface area (Å²) in [5.74, 6) is 1.29. The van der Waals surface area contributed by atoms with Crippen LogP contribution in [0.5, 0.6) is 0 Å². The fourth-order valence-electron chi connectivity index (χ4n) is 1.80. The Balaban J connectivity index is 1.87. The third-order valence-corrected chi connectivity index (χ3v) is 2.92. The number of carboxylic acids is 1. The normalized spacial score (nSPS) is 17.3. The van der Waals surface area contributed by atoms with Gasteiger partial charge in [0, 0.05) is 6.42 Å². The number of hydrogen-bond donors (Lipinski definition) is 2. The first kappa shape index (κ1) is 11.2. The van der Waals surface area contributed by atoms with Crippen LogP contribution in [0.25, 0.3) is 0 Å². The van der Waals surface area contributed by atoms with Crippen molar-refractivity contribution in [1.82, 2.24) is 5.32 Å². The lowest BCUT2D eigenvalue weighted by molar-refractivity contribution is -0.140. The van der Waals surface area contributed by atoms with Crippen LogP contribution in [-0.2, 0) is 17.8 Å². The lowest BCUT2D eigenvalue weighted by Crippen LogP contribution is -2.37. The molecule has 0 amide bonds. The predicted octanol–water partition coefficient (Wildman–Crippen LogP) is 1.79. The fraction of sp³-hybridized carbons (Fsp3) is 0.583. The lowest BCUT2D eigenvalue weighted by Gasteiger charge is -2.11. The maximum atomic E-state index is 11.0. The average Bonchev–Trinajstić information content (AvgIpc) is 2.97. The van der Waals surface area contributed by atoms with Gasteiger partial charge in [0.2, 0.25) is 0 Å². The van der Waals surface area contributed by atoms with Crippen LogP contribution < -0.4 is 5.32 Å². The van der Waals surface area contributed by atoms with Gasteiger partial charge in [0.25, 0.3) is 0 Å². The molecule has 1 aliphatic carbocycles. The largest absolute Gasteiger partial charge is 0.480 e. The number of hydrogen-bond acceptors (Lipinski definition) is 3. The highest BCUT2D eigenvalue weighted by atomic mass is 16.4. The Morgan fingerprint density at radius 3 is 2.75 bits per heavy atom. The summed E-state index contributed by atoms with van der Waals surface area (Å²) in [4.78, 5) is 11.0. The predicted molar refractivity (Wildman–Crippen MR) is 59.1 cm³/mol. The third kappa shape index (κ3) is 2.64. The zero-order chi connectivity index (χ0) is 11.5. The van der Waals surface area contributed by atoms with Crippen molar-refractivity contribution in [1.29, 1.82) is 0 Å². The first-order valence-corrected chi connectivity index (χ1v) is 5.74. The second-order valence-corrected chi connectivity index (χ2v) is 4.26. The molecule has 0 saturated heterocycles. The second kappa shape index (κ2) is 4.70. The van der Waals surface area contributed by atoms with Crippen LogP contribution in [0.1, 0.15) is 31.3 Å². The van der Waals surface area contributed by atoms with Gasteiger partial charge in [0.1, 0.15) is 17.6 Å². The van der Waals surface area contributed by atoms with Gasteiger partial charge in [0.15, 0.2) is 0 Å². The monoisotopic (exact) mass is 223 g/mol. The van der Waals surface area contributed by atoms with Crippen LogP contribution in [0.3, 0.4) is 0 Å². The van der Waals surface area contributed by atoms with E-state index in [9.17, 15) is 4.79 Å². The number of rotatable bonds is 6. The van der Waals surface area contributed by atoms with Gasteiger partial charge in [-0.3, -0.25) is 10.1 Å². The molecular weight excluding hydrogens is 206 g/mol. The number of nitrogens with one attached hydrogen (secondary N) is 1. The smallest absolute Gasteiger partial charge is 0.320 e. The molecule has 1 atom stereocenters. The molecule has 4 heteroatoms. The highest BCUT2D eigenvalue weighted by Gasteiger charge is 2.35.